The van der Waals surface area contributed by atoms with E-state index in [1.54, 1.807) is 7.11 Å². The van der Waals surface area contributed by atoms with Crippen molar-refractivity contribution in [3.05, 3.63) is 66.2 Å². The number of nitrogens with zero attached hydrogens (tertiary/aromatic N) is 9. The van der Waals surface area contributed by atoms with Crippen molar-refractivity contribution >= 4 is 18.1 Å². The quantitative estimate of drug-likeness (QED) is 0.209. The molecule has 9 heterocycles. The molecule has 3 unspecified atom stereocenters. The lowest BCUT2D eigenvalue weighted by Gasteiger charge is -2.56. The first-order chi connectivity index (χ1) is 23.5. The molecule has 5 fully saturated rings. The SMILES string of the molecule is C=NCc1cnn2cc(OCCN3CCC4(CCN(CC)C4)C3)cc(-c3ccc(N4CC5CC(C4)N5Cc4ccc(OC)nc4)nc3)c12. The van der Waals surface area contributed by atoms with Crippen LogP contribution in [0.3, 0.4) is 0 Å². The van der Waals surface area contributed by atoms with Crippen LogP contribution < -0.4 is 14.4 Å². The van der Waals surface area contributed by atoms with Crippen molar-refractivity contribution in [1.29, 1.82) is 0 Å². The Kier molecular flexibility index (Phi) is 8.52. The van der Waals surface area contributed by atoms with Crippen molar-refractivity contribution in [3.63, 3.8) is 0 Å². The van der Waals surface area contributed by atoms with E-state index in [2.05, 4.69) is 72.6 Å². The van der Waals surface area contributed by atoms with Gasteiger partial charge in [-0.2, -0.15) is 5.10 Å². The van der Waals surface area contributed by atoms with E-state index in [9.17, 15) is 0 Å². The lowest BCUT2D eigenvalue weighted by Crippen LogP contribution is -2.68. The topological polar surface area (TPSA) is 86.9 Å². The van der Waals surface area contributed by atoms with Crippen LogP contribution >= 0.6 is 0 Å². The molecule has 0 radical (unpaired) electrons. The number of anilines is 1. The average molecular weight is 650 g/mol. The van der Waals surface area contributed by atoms with E-state index in [4.69, 9.17) is 14.5 Å². The zero-order valence-corrected chi connectivity index (χ0v) is 28.3. The predicted octanol–water partition coefficient (Wildman–Crippen LogP) is 4.26. The maximum Gasteiger partial charge on any atom is 0.212 e. The first kappa shape index (κ1) is 31.2. The number of piperidine rings is 1. The van der Waals surface area contributed by atoms with Gasteiger partial charge in [0.1, 0.15) is 18.2 Å². The Hall–Kier alpha value is -4.06. The number of ether oxygens (including phenoxy) is 2. The third-order valence-electron chi connectivity index (χ3n) is 11.2. The Morgan fingerprint density at radius 1 is 1.00 bits per heavy atom. The highest BCUT2D eigenvalue weighted by molar-refractivity contribution is 5.83. The summed E-state index contributed by atoms with van der Waals surface area (Å²) in [6, 6.07) is 11.6. The molecule has 11 heteroatoms. The molecule has 1 spiro atoms. The molecule has 0 amide bonds. The van der Waals surface area contributed by atoms with Crippen molar-refractivity contribution in [2.45, 2.75) is 51.4 Å². The number of aliphatic imine (C=N–C) groups is 1. The zero-order valence-electron chi connectivity index (χ0n) is 28.3. The molecular formula is C37H47N9O2. The second-order valence-electron chi connectivity index (χ2n) is 14.2. The van der Waals surface area contributed by atoms with Crippen LogP contribution in [0.25, 0.3) is 16.6 Å². The van der Waals surface area contributed by atoms with Gasteiger partial charge in [-0.15, -0.1) is 0 Å². The van der Waals surface area contributed by atoms with Crippen LogP contribution in [0.1, 0.15) is 37.3 Å². The molecule has 48 heavy (non-hydrogen) atoms. The molecule has 9 rings (SSSR count). The van der Waals surface area contributed by atoms with Gasteiger partial charge in [0.25, 0.3) is 0 Å². The van der Waals surface area contributed by atoms with Crippen molar-refractivity contribution in [2.24, 2.45) is 10.4 Å². The second-order valence-corrected chi connectivity index (χ2v) is 14.2. The van der Waals surface area contributed by atoms with Crippen LogP contribution in [0.4, 0.5) is 5.82 Å². The predicted molar refractivity (Wildman–Crippen MR) is 188 cm³/mol. The van der Waals surface area contributed by atoms with E-state index in [0.717, 1.165) is 73.0 Å². The zero-order chi connectivity index (χ0) is 32.7. The van der Waals surface area contributed by atoms with Crippen LogP contribution in [0.5, 0.6) is 11.6 Å². The van der Waals surface area contributed by atoms with Crippen LogP contribution in [-0.4, -0.2) is 119 Å². The summed E-state index contributed by atoms with van der Waals surface area (Å²) in [7, 11) is 1.65. The summed E-state index contributed by atoms with van der Waals surface area (Å²) < 4.78 is 13.6. The van der Waals surface area contributed by atoms with Crippen molar-refractivity contribution in [3.8, 4) is 22.8 Å². The number of hydrogen-bond acceptors (Lipinski definition) is 10. The smallest absolute Gasteiger partial charge is 0.212 e. The molecule has 4 aromatic heterocycles. The summed E-state index contributed by atoms with van der Waals surface area (Å²) in [6.45, 7) is 17.0. The highest BCUT2D eigenvalue weighted by Crippen LogP contribution is 2.40. The van der Waals surface area contributed by atoms with E-state index in [-0.39, 0.29) is 0 Å². The number of likely N-dealkylation sites (tertiary alicyclic amines) is 2. The van der Waals surface area contributed by atoms with Gasteiger partial charge >= 0.3 is 0 Å². The Balaban J connectivity index is 0.939. The fourth-order valence-corrected chi connectivity index (χ4v) is 8.54. The summed E-state index contributed by atoms with van der Waals surface area (Å²) in [5, 5.41) is 4.67. The summed E-state index contributed by atoms with van der Waals surface area (Å²) in [5.74, 6) is 2.50. The number of hydrogen-bond donors (Lipinski definition) is 0. The van der Waals surface area contributed by atoms with Gasteiger partial charge in [-0.1, -0.05) is 13.0 Å². The van der Waals surface area contributed by atoms with Gasteiger partial charge in [0.05, 0.1) is 31.6 Å². The lowest BCUT2D eigenvalue weighted by molar-refractivity contribution is -0.00876. The molecule has 0 saturated carbocycles. The van der Waals surface area contributed by atoms with Crippen molar-refractivity contribution in [1.82, 2.24) is 34.3 Å². The number of rotatable bonds is 12. The molecule has 0 aliphatic carbocycles. The summed E-state index contributed by atoms with van der Waals surface area (Å²) in [6.07, 6.45) is 11.7. The number of fused-ring (bicyclic) bond motifs is 3. The highest BCUT2D eigenvalue weighted by Gasteiger charge is 2.45. The van der Waals surface area contributed by atoms with Gasteiger partial charge in [0.2, 0.25) is 5.88 Å². The number of pyridine rings is 3. The normalized spacial score (nSPS) is 24.4. The van der Waals surface area contributed by atoms with E-state index in [1.807, 2.05) is 35.4 Å². The highest BCUT2D eigenvalue weighted by atomic mass is 16.5. The maximum absolute atomic E-state index is 6.41. The fraction of sp³-hybridized carbons (Fsp3) is 0.514. The molecule has 0 aromatic carbocycles. The third kappa shape index (κ3) is 6.03. The second kappa shape index (κ2) is 13.1. The van der Waals surface area contributed by atoms with Crippen molar-refractivity contribution < 1.29 is 9.47 Å². The van der Waals surface area contributed by atoms with E-state index in [1.165, 1.54) is 44.5 Å². The van der Waals surface area contributed by atoms with Crippen molar-refractivity contribution in [2.75, 3.05) is 71.0 Å². The molecule has 5 saturated heterocycles. The number of piperazine rings is 1. The van der Waals surface area contributed by atoms with E-state index < -0.39 is 0 Å². The Morgan fingerprint density at radius 2 is 1.83 bits per heavy atom. The largest absolute Gasteiger partial charge is 0.491 e. The van der Waals surface area contributed by atoms with Gasteiger partial charge in [-0.3, -0.25) is 14.8 Å². The summed E-state index contributed by atoms with van der Waals surface area (Å²) in [5.41, 5.74) is 5.86. The van der Waals surface area contributed by atoms with Crippen LogP contribution in [-0.2, 0) is 13.1 Å². The summed E-state index contributed by atoms with van der Waals surface area (Å²) in [4.78, 5) is 23.8. The maximum atomic E-state index is 6.41. The van der Waals surface area contributed by atoms with Gasteiger partial charge in [0.15, 0.2) is 0 Å². The molecule has 3 atom stereocenters. The first-order valence-corrected chi connectivity index (χ1v) is 17.5. The van der Waals surface area contributed by atoms with Crippen LogP contribution in [0.15, 0.2) is 60.1 Å². The molecule has 2 bridgehead atoms. The Morgan fingerprint density at radius 3 is 2.54 bits per heavy atom. The Bertz CT molecular complexity index is 1730. The molecule has 0 N–H and O–H groups in total. The van der Waals surface area contributed by atoms with E-state index >= 15 is 0 Å². The minimum absolute atomic E-state index is 0.481. The van der Waals surface area contributed by atoms with Crippen LogP contribution in [0.2, 0.25) is 0 Å². The molecule has 252 valence electrons. The average Bonchev–Trinajstić information content (AvgIpc) is 3.86. The minimum atomic E-state index is 0.481. The standard InChI is InChI=1S/C37H47N9O2/c1-4-42-11-9-37(25-42)10-12-43(26-37)13-14-48-32-16-33(36-29(18-38-2)20-41-46(36)24-32)28-6-7-34(39-19-28)44-22-30-15-31(23-44)45(30)21-27-5-8-35(47-3)40-17-27/h5-8,16-17,19-20,24,30-31H,2,4,9-15,18,21-23,25-26H2,1,3H3. The van der Waals surface area contributed by atoms with Gasteiger partial charge < -0.3 is 19.3 Å². The Labute approximate surface area is 283 Å². The minimum Gasteiger partial charge on any atom is -0.491 e. The third-order valence-corrected chi connectivity index (χ3v) is 11.2. The molecular weight excluding hydrogens is 602 g/mol. The monoisotopic (exact) mass is 649 g/mol. The van der Waals surface area contributed by atoms with Gasteiger partial charge in [-0.05, 0) is 74.8 Å². The summed E-state index contributed by atoms with van der Waals surface area (Å²) >= 11 is 0. The lowest BCUT2D eigenvalue weighted by atomic mass is 9.86. The first-order valence-electron chi connectivity index (χ1n) is 17.5. The van der Waals surface area contributed by atoms with E-state index in [0.29, 0.717) is 36.5 Å². The molecule has 5 aliphatic rings. The number of methoxy groups -OCH3 is 1. The number of aromatic nitrogens is 4. The van der Waals surface area contributed by atoms with Gasteiger partial charge in [-0.25, -0.2) is 14.5 Å². The molecule has 11 nitrogen and oxygen atoms in total. The fourth-order valence-electron chi connectivity index (χ4n) is 8.54. The molecule has 4 aromatic rings. The molecule has 5 aliphatic heterocycles. The van der Waals surface area contributed by atoms with Crippen LogP contribution in [0, 0.1) is 5.41 Å². The van der Waals surface area contributed by atoms with Gasteiger partial charge in [0, 0.05) is 86.5 Å².